The Hall–Kier alpha value is -0.610. The molecule has 3 N–H and O–H groups in total. The van der Waals surface area contributed by atoms with Gasteiger partial charge in [0, 0.05) is 6.54 Å². The van der Waals surface area contributed by atoms with Crippen molar-refractivity contribution in [2.24, 2.45) is 5.73 Å². The molecule has 0 spiro atoms. The quantitative estimate of drug-likeness (QED) is 0.579. The number of carbonyl (C=O) groups is 1. The van der Waals surface area contributed by atoms with E-state index in [1.807, 2.05) is 6.92 Å². The lowest BCUT2D eigenvalue weighted by atomic mass is 9.97. The summed E-state index contributed by atoms with van der Waals surface area (Å²) in [5, 5.41) is 3.00. The average molecular weight is 229 g/mol. The maximum Gasteiger partial charge on any atom is 0.237 e. The van der Waals surface area contributed by atoms with E-state index >= 15 is 0 Å². The molecule has 0 aliphatic heterocycles. The fraction of sp³-hybridized carbons (Fsp3) is 0.917. The van der Waals surface area contributed by atoms with Crippen molar-refractivity contribution in [2.75, 3.05) is 27.2 Å². The molecule has 1 atom stereocenters. The molecule has 0 fully saturated rings. The first-order valence-corrected chi connectivity index (χ1v) is 6.13. The van der Waals surface area contributed by atoms with Gasteiger partial charge in [0.05, 0.1) is 5.54 Å². The summed E-state index contributed by atoms with van der Waals surface area (Å²) in [4.78, 5) is 13.5. The number of hydrogen-bond donors (Lipinski definition) is 2. The zero-order valence-corrected chi connectivity index (χ0v) is 11.2. The van der Waals surface area contributed by atoms with Crippen molar-refractivity contribution in [3.8, 4) is 0 Å². The van der Waals surface area contributed by atoms with Crippen LogP contribution in [0.4, 0.5) is 0 Å². The number of nitrogens with one attached hydrogen (secondary N) is 1. The zero-order valence-electron chi connectivity index (χ0n) is 11.2. The molecule has 4 heteroatoms. The summed E-state index contributed by atoms with van der Waals surface area (Å²) < 4.78 is 0. The second-order valence-corrected chi connectivity index (χ2v) is 4.71. The third-order valence-electron chi connectivity index (χ3n) is 3.23. The van der Waals surface area contributed by atoms with Crippen molar-refractivity contribution in [2.45, 2.75) is 45.1 Å². The lowest BCUT2D eigenvalue weighted by Crippen LogP contribution is -2.52. The van der Waals surface area contributed by atoms with Crippen LogP contribution in [-0.4, -0.2) is 43.5 Å². The van der Waals surface area contributed by atoms with Crippen molar-refractivity contribution in [3.63, 3.8) is 0 Å². The average Bonchev–Trinajstić information content (AvgIpc) is 2.26. The molecule has 0 heterocycles. The Morgan fingerprint density at radius 2 is 2.00 bits per heavy atom. The number of carbonyl (C=O) groups excluding carboxylic acids is 1. The second kappa shape index (κ2) is 7.63. The Balaban J connectivity index is 3.88. The number of amides is 1. The van der Waals surface area contributed by atoms with E-state index in [-0.39, 0.29) is 5.91 Å². The minimum absolute atomic E-state index is 0.281. The molecule has 0 aromatic carbocycles. The third-order valence-corrected chi connectivity index (χ3v) is 3.23. The van der Waals surface area contributed by atoms with Gasteiger partial charge in [-0.3, -0.25) is 4.79 Å². The van der Waals surface area contributed by atoms with Crippen molar-refractivity contribution >= 4 is 5.91 Å². The maximum atomic E-state index is 11.3. The molecule has 96 valence electrons. The van der Waals surface area contributed by atoms with Crippen LogP contribution in [0.2, 0.25) is 0 Å². The fourth-order valence-electron chi connectivity index (χ4n) is 1.53. The minimum Gasteiger partial charge on any atom is -0.368 e. The third kappa shape index (κ3) is 5.47. The van der Waals surface area contributed by atoms with E-state index in [1.165, 1.54) is 19.3 Å². The van der Waals surface area contributed by atoms with Gasteiger partial charge in [-0.25, -0.2) is 0 Å². The Bertz CT molecular complexity index is 208. The topological polar surface area (TPSA) is 58.4 Å². The molecule has 1 amide bonds. The summed E-state index contributed by atoms with van der Waals surface area (Å²) in [6.45, 7) is 6.04. The highest BCUT2D eigenvalue weighted by Gasteiger charge is 2.28. The van der Waals surface area contributed by atoms with Gasteiger partial charge in [0.2, 0.25) is 5.91 Å². The molecule has 0 radical (unpaired) electrons. The minimum atomic E-state index is -0.584. The van der Waals surface area contributed by atoms with Gasteiger partial charge in [0.15, 0.2) is 0 Å². The van der Waals surface area contributed by atoms with E-state index in [9.17, 15) is 4.79 Å². The van der Waals surface area contributed by atoms with E-state index in [1.54, 1.807) is 7.05 Å². The van der Waals surface area contributed by atoms with Crippen LogP contribution in [0.15, 0.2) is 0 Å². The molecule has 0 aromatic heterocycles. The first kappa shape index (κ1) is 15.4. The normalized spacial score (nSPS) is 15.1. The van der Waals surface area contributed by atoms with Crippen LogP contribution < -0.4 is 11.1 Å². The van der Waals surface area contributed by atoms with Gasteiger partial charge in [-0.2, -0.15) is 0 Å². The summed E-state index contributed by atoms with van der Waals surface area (Å²) in [5.74, 6) is -0.281. The van der Waals surface area contributed by atoms with Crippen molar-refractivity contribution in [1.29, 1.82) is 0 Å². The highest BCUT2D eigenvalue weighted by molar-refractivity contribution is 5.84. The largest absolute Gasteiger partial charge is 0.368 e. The maximum absolute atomic E-state index is 11.3. The van der Waals surface area contributed by atoms with Crippen LogP contribution in [0.3, 0.4) is 0 Å². The molecule has 0 saturated heterocycles. The predicted octanol–water partition coefficient (Wildman–Crippen LogP) is 0.962. The zero-order chi connectivity index (χ0) is 12.6. The van der Waals surface area contributed by atoms with E-state index < -0.39 is 5.54 Å². The number of rotatable bonds is 9. The Labute approximate surface area is 99.6 Å². The van der Waals surface area contributed by atoms with Gasteiger partial charge in [-0.05, 0) is 40.4 Å². The molecule has 0 aliphatic carbocycles. The molecule has 0 rings (SSSR count). The monoisotopic (exact) mass is 229 g/mol. The highest BCUT2D eigenvalue weighted by atomic mass is 16.1. The highest BCUT2D eigenvalue weighted by Crippen LogP contribution is 2.09. The molecule has 1 unspecified atom stereocenters. The Morgan fingerprint density at radius 3 is 2.44 bits per heavy atom. The van der Waals surface area contributed by atoms with Gasteiger partial charge in [0.25, 0.3) is 0 Å². The lowest BCUT2D eigenvalue weighted by molar-refractivity contribution is -0.124. The van der Waals surface area contributed by atoms with Crippen LogP contribution in [0, 0.1) is 0 Å². The fourth-order valence-corrected chi connectivity index (χ4v) is 1.53. The van der Waals surface area contributed by atoms with Crippen LogP contribution in [0.25, 0.3) is 0 Å². The van der Waals surface area contributed by atoms with Crippen LogP contribution in [-0.2, 0) is 4.79 Å². The van der Waals surface area contributed by atoms with Crippen molar-refractivity contribution < 1.29 is 4.79 Å². The molecule has 0 aliphatic rings. The van der Waals surface area contributed by atoms with Crippen LogP contribution in [0.5, 0.6) is 0 Å². The molecular formula is C12H27N3O. The first-order valence-electron chi connectivity index (χ1n) is 6.13. The number of primary amides is 1. The van der Waals surface area contributed by atoms with Gasteiger partial charge in [0.1, 0.15) is 0 Å². The standard InChI is InChI=1S/C12H27N3O/c1-5-6-7-9-15(4)10-8-12(2,14-3)11(13)16/h14H,5-10H2,1-4H3,(H2,13,16). The van der Waals surface area contributed by atoms with Crippen molar-refractivity contribution in [3.05, 3.63) is 0 Å². The van der Waals surface area contributed by atoms with Crippen molar-refractivity contribution in [1.82, 2.24) is 10.2 Å². The van der Waals surface area contributed by atoms with E-state index in [4.69, 9.17) is 5.73 Å². The molecule has 0 aromatic rings. The number of nitrogens with two attached hydrogens (primary N) is 1. The summed E-state index contributed by atoms with van der Waals surface area (Å²) in [6.07, 6.45) is 4.48. The molecule has 4 nitrogen and oxygen atoms in total. The van der Waals surface area contributed by atoms with E-state index in [0.29, 0.717) is 0 Å². The lowest BCUT2D eigenvalue weighted by Gasteiger charge is -2.28. The first-order chi connectivity index (χ1) is 7.46. The molecule has 0 saturated carbocycles. The van der Waals surface area contributed by atoms with Crippen LogP contribution >= 0.6 is 0 Å². The number of hydrogen-bond acceptors (Lipinski definition) is 3. The number of nitrogens with zero attached hydrogens (tertiary/aromatic N) is 1. The van der Waals surface area contributed by atoms with E-state index in [0.717, 1.165) is 19.5 Å². The molecule has 16 heavy (non-hydrogen) atoms. The van der Waals surface area contributed by atoms with Gasteiger partial charge in [-0.1, -0.05) is 19.8 Å². The van der Waals surface area contributed by atoms with E-state index in [2.05, 4.69) is 24.2 Å². The Morgan fingerprint density at radius 1 is 1.38 bits per heavy atom. The number of unbranched alkanes of at least 4 members (excludes halogenated alkanes) is 2. The summed E-state index contributed by atoms with van der Waals surface area (Å²) in [6, 6.07) is 0. The smallest absolute Gasteiger partial charge is 0.237 e. The number of likely N-dealkylation sites (N-methyl/N-ethyl adjacent to an activating group) is 1. The summed E-state index contributed by atoms with van der Waals surface area (Å²) >= 11 is 0. The SMILES string of the molecule is CCCCCN(C)CCC(C)(NC)C(N)=O. The molecular weight excluding hydrogens is 202 g/mol. The van der Waals surface area contributed by atoms with Crippen LogP contribution in [0.1, 0.15) is 39.5 Å². The predicted molar refractivity (Wildman–Crippen MR) is 68.3 cm³/mol. The Kier molecular flexibility index (Phi) is 7.34. The summed E-state index contributed by atoms with van der Waals surface area (Å²) in [7, 11) is 3.87. The van der Waals surface area contributed by atoms with Gasteiger partial charge in [-0.15, -0.1) is 0 Å². The van der Waals surface area contributed by atoms with Gasteiger partial charge < -0.3 is 16.0 Å². The molecule has 0 bridgehead atoms. The second-order valence-electron chi connectivity index (χ2n) is 4.71. The summed E-state index contributed by atoms with van der Waals surface area (Å²) in [5.41, 5.74) is 4.79. The van der Waals surface area contributed by atoms with Gasteiger partial charge >= 0.3 is 0 Å².